The highest BCUT2D eigenvalue weighted by molar-refractivity contribution is 6.46. The normalized spacial score (nSPS) is 18.6. The van der Waals surface area contributed by atoms with Crippen molar-refractivity contribution in [3.8, 4) is 5.75 Å². The molecule has 1 atom stereocenters. The van der Waals surface area contributed by atoms with E-state index in [1.165, 1.54) is 24.5 Å². The van der Waals surface area contributed by atoms with Gasteiger partial charge in [0.05, 0.1) is 31.8 Å². The molecule has 1 unspecified atom stereocenters. The highest BCUT2D eigenvalue weighted by Crippen LogP contribution is 2.40. The molecule has 7 heteroatoms. The fourth-order valence-electron chi connectivity index (χ4n) is 3.28. The summed E-state index contributed by atoms with van der Waals surface area (Å²) < 4.78 is 16.0. The summed E-state index contributed by atoms with van der Waals surface area (Å²) in [6.45, 7) is 0.0673. The van der Waals surface area contributed by atoms with E-state index in [2.05, 4.69) is 0 Å². The molecule has 1 aliphatic heterocycles. The van der Waals surface area contributed by atoms with Crippen molar-refractivity contribution in [2.45, 2.75) is 12.6 Å². The summed E-state index contributed by atoms with van der Waals surface area (Å²) >= 11 is 0. The molecule has 3 heterocycles. The highest BCUT2D eigenvalue weighted by atomic mass is 16.5. The number of ether oxygens (including phenoxy) is 1. The molecule has 0 bridgehead atoms. The minimum atomic E-state index is -0.869. The lowest BCUT2D eigenvalue weighted by atomic mass is 9.99. The summed E-state index contributed by atoms with van der Waals surface area (Å²) in [7, 11) is 1.50. The van der Waals surface area contributed by atoms with Gasteiger partial charge in [-0.1, -0.05) is 12.1 Å². The third-order valence-electron chi connectivity index (χ3n) is 4.60. The van der Waals surface area contributed by atoms with Crippen LogP contribution in [0.2, 0.25) is 0 Å². The van der Waals surface area contributed by atoms with Crippen LogP contribution in [0.5, 0.6) is 5.75 Å². The number of methoxy groups -OCH3 is 1. The van der Waals surface area contributed by atoms with Crippen molar-refractivity contribution >= 4 is 17.4 Å². The summed E-state index contributed by atoms with van der Waals surface area (Å²) in [5, 5.41) is 10.9. The fraction of sp³-hybridized carbons (Fsp3) is 0.143. The summed E-state index contributed by atoms with van der Waals surface area (Å²) in [5.74, 6) is -0.408. The van der Waals surface area contributed by atoms with Gasteiger partial charge in [0, 0.05) is 5.56 Å². The van der Waals surface area contributed by atoms with Crippen molar-refractivity contribution in [1.82, 2.24) is 4.90 Å². The monoisotopic (exact) mass is 379 g/mol. The lowest BCUT2D eigenvalue weighted by molar-refractivity contribution is -0.140. The first-order valence-electron chi connectivity index (χ1n) is 8.58. The largest absolute Gasteiger partial charge is 0.507 e. The standard InChI is InChI=1S/C21H17NO6/c1-26-14-6-2-5-13(11-14)19(23)17-18(16-8-4-10-28-16)22(21(25)20(17)24)12-15-7-3-9-27-15/h2-11,18,23H,12H2,1H3/b19-17-. The zero-order valence-electron chi connectivity index (χ0n) is 15.0. The molecule has 0 radical (unpaired) electrons. The molecule has 1 aliphatic rings. The second-order valence-corrected chi connectivity index (χ2v) is 6.25. The van der Waals surface area contributed by atoms with Gasteiger partial charge < -0.3 is 23.6 Å². The van der Waals surface area contributed by atoms with Crippen LogP contribution in [0.25, 0.3) is 5.76 Å². The first kappa shape index (κ1) is 17.7. The Balaban J connectivity index is 1.84. The third-order valence-corrected chi connectivity index (χ3v) is 4.60. The Hall–Kier alpha value is -3.74. The second-order valence-electron chi connectivity index (χ2n) is 6.25. The van der Waals surface area contributed by atoms with Crippen LogP contribution in [0.15, 0.2) is 75.5 Å². The second kappa shape index (κ2) is 7.11. The van der Waals surface area contributed by atoms with E-state index < -0.39 is 17.7 Å². The average molecular weight is 379 g/mol. The van der Waals surface area contributed by atoms with Gasteiger partial charge in [-0.3, -0.25) is 9.59 Å². The molecule has 4 rings (SSSR count). The maximum Gasteiger partial charge on any atom is 0.296 e. The van der Waals surface area contributed by atoms with Crippen molar-refractivity contribution < 1.29 is 28.3 Å². The van der Waals surface area contributed by atoms with Crippen LogP contribution in [-0.2, 0) is 16.1 Å². The number of Topliss-reactive ketones (excluding diaryl/α,β-unsaturated/α-hetero) is 1. The van der Waals surface area contributed by atoms with Crippen LogP contribution in [0.3, 0.4) is 0 Å². The van der Waals surface area contributed by atoms with Crippen LogP contribution in [0, 0.1) is 0 Å². The number of nitrogens with zero attached hydrogens (tertiary/aromatic N) is 1. The maximum atomic E-state index is 12.8. The Morgan fingerprint density at radius 3 is 2.57 bits per heavy atom. The molecule has 7 nitrogen and oxygen atoms in total. The molecule has 1 fully saturated rings. The van der Waals surface area contributed by atoms with E-state index in [-0.39, 0.29) is 17.9 Å². The minimum absolute atomic E-state index is 0.0419. The van der Waals surface area contributed by atoms with E-state index in [4.69, 9.17) is 13.6 Å². The molecule has 142 valence electrons. The van der Waals surface area contributed by atoms with Gasteiger partial charge >= 0.3 is 0 Å². The van der Waals surface area contributed by atoms with E-state index in [9.17, 15) is 14.7 Å². The van der Waals surface area contributed by atoms with Crippen molar-refractivity contribution in [2.75, 3.05) is 7.11 Å². The summed E-state index contributed by atoms with van der Waals surface area (Å²) in [6.07, 6.45) is 2.94. The molecule has 1 saturated heterocycles. The number of hydrogen-bond acceptors (Lipinski definition) is 6. The number of rotatable bonds is 5. The van der Waals surface area contributed by atoms with Gasteiger partial charge in [0.15, 0.2) is 0 Å². The van der Waals surface area contributed by atoms with Gasteiger partial charge in [-0.25, -0.2) is 0 Å². The van der Waals surface area contributed by atoms with Gasteiger partial charge in [-0.2, -0.15) is 0 Å². The van der Waals surface area contributed by atoms with Crippen LogP contribution < -0.4 is 4.74 Å². The quantitative estimate of drug-likeness (QED) is 0.414. The number of aliphatic hydroxyl groups excluding tert-OH is 1. The number of furan rings is 2. The Bertz CT molecular complexity index is 1030. The third kappa shape index (κ3) is 2.96. The predicted octanol–water partition coefficient (Wildman–Crippen LogP) is 3.50. The Morgan fingerprint density at radius 1 is 1.11 bits per heavy atom. The molecule has 28 heavy (non-hydrogen) atoms. The molecule has 3 aromatic rings. The molecule has 0 aliphatic carbocycles. The van der Waals surface area contributed by atoms with E-state index >= 15 is 0 Å². The van der Waals surface area contributed by atoms with Crippen molar-refractivity contribution in [3.63, 3.8) is 0 Å². The Kier molecular flexibility index (Phi) is 4.49. The van der Waals surface area contributed by atoms with Crippen molar-refractivity contribution in [1.29, 1.82) is 0 Å². The number of carbonyl (C=O) groups excluding carboxylic acids is 2. The molecule has 1 amide bonds. The number of ketones is 1. The molecule has 0 saturated carbocycles. The van der Waals surface area contributed by atoms with E-state index in [1.54, 1.807) is 48.5 Å². The van der Waals surface area contributed by atoms with Crippen LogP contribution in [0.4, 0.5) is 0 Å². The first-order chi connectivity index (χ1) is 13.6. The number of aliphatic hydroxyl groups is 1. The molecule has 2 aromatic heterocycles. The molecule has 1 N–H and O–H groups in total. The van der Waals surface area contributed by atoms with Crippen LogP contribution in [0.1, 0.15) is 23.1 Å². The van der Waals surface area contributed by atoms with Gasteiger partial charge in [-0.05, 0) is 36.4 Å². The molecular weight excluding hydrogens is 362 g/mol. The number of likely N-dealkylation sites (tertiary alicyclic amines) is 1. The van der Waals surface area contributed by atoms with Crippen LogP contribution >= 0.6 is 0 Å². The average Bonchev–Trinajstić information content (AvgIpc) is 3.46. The van der Waals surface area contributed by atoms with E-state index in [1.807, 2.05) is 0 Å². The molecule has 0 spiro atoms. The molecule has 1 aromatic carbocycles. The fourth-order valence-corrected chi connectivity index (χ4v) is 3.28. The predicted molar refractivity (Wildman–Crippen MR) is 98.3 cm³/mol. The summed E-state index contributed by atoms with van der Waals surface area (Å²) in [4.78, 5) is 26.9. The van der Waals surface area contributed by atoms with Gasteiger partial charge in [0.25, 0.3) is 11.7 Å². The van der Waals surface area contributed by atoms with E-state index in [0.717, 1.165) is 0 Å². The number of hydrogen-bond donors (Lipinski definition) is 1. The van der Waals surface area contributed by atoms with Crippen molar-refractivity contribution in [2.24, 2.45) is 0 Å². The topological polar surface area (TPSA) is 93.1 Å². The zero-order chi connectivity index (χ0) is 19.7. The van der Waals surface area contributed by atoms with Gasteiger partial charge in [-0.15, -0.1) is 0 Å². The number of carbonyl (C=O) groups is 2. The number of benzene rings is 1. The smallest absolute Gasteiger partial charge is 0.296 e. The molecular formula is C21H17NO6. The first-order valence-corrected chi connectivity index (χ1v) is 8.58. The van der Waals surface area contributed by atoms with Gasteiger partial charge in [0.2, 0.25) is 0 Å². The Morgan fingerprint density at radius 2 is 1.89 bits per heavy atom. The SMILES string of the molecule is COc1cccc(/C(O)=C2/C(=O)C(=O)N(Cc3ccco3)C2c2ccco2)c1. The van der Waals surface area contributed by atoms with E-state index in [0.29, 0.717) is 22.8 Å². The summed E-state index contributed by atoms with van der Waals surface area (Å²) in [5.41, 5.74) is 0.326. The van der Waals surface area contributed by atoms with Crippen LogP contribution in [-0.4, -0.2) is 28.8 Å². The minimum Gasteiger partial charge on any atom is -0.507 e. The maximum absolute atomic E-state index is 12.8. The zero-order valence-corrected chi connectivity index (χ0v) is 15.0. The van der Waals surface area contributed by atoms with Gasteiger partial charge in [0.1, 0.15) is 29.1 Å². The summed E-state index contributed by atoms with van der Waals surface area (Å²) in [6, 6.07) is 12.5. The number of amides is 1. The highest BCUT2D eigenvalue weighted by Gasteiger charge is 2.47. The lowest BCUT2D eigenvalue weighted by Gasteiger charge is -2.22. The lowest BCUT2D eigenvalue weighted by Crippen LogP contribution is -2.28. The van der Waals surface area contributed by atoms with Crippen molar-refractivity contribution in [3.05, 3.63) is 83.7 Å². The Labute approximate surface area is 160 Å².